The van der Waals surface area contributed by atoms with Crippen LogP contribution >= 0.6 is 0 Å². The molecule has 0 spiro atoms. The Morgan fingerprint density at radius 1 is 1.14 bits per heavy atom. The summed E-state index contributed by atoms with van der Waals surface area (Å²) >= 11 is 0. The summed E-state index contributed by atoms with van der Waals surface area (Å²) in [6.45, 7) is 0.567. The number of hydrogen-bond acceptors (Lipinski definition) is 3. The van der Waals surface area contributed by atoms with Crippen LogP contribution in [0.4, 0.5) is 0 Å². The molecule has 0 aliphatic rings. The van der Waals surface area contributed by atoms with E-state index in [0.717, 1.165) is 23.3 Å². The number of aromatic hydroxyl groups is 1. The second kappa shape index (κ2) is 7.33. The number of para-hydroxylation sites is 1. The lowest BCUT2D eigenvalue weighted by Crippen LogP contribution is -2.27. The maximum atomic E-state index is 11.8. The molecule has 21 heavy (non-hydrogen) atoms. The van der Waals surface area contributed by atoms with Crippen molar-refractivity contribution in [1.82, 2.24) is 5.32 Å². The lowest BCUT2D eigenvalue weighted by atomic mass is 10.1. The second-order valence-electron chi connectivity index (χ2n) is 4.76. The summed E-state index contributed by atoms with van der Waals surface area (Å²) in [7, 11) is 1.64. The highest BCUT2D eigenvalue weighted by molar-refractivity contribution is 5.78. The van der Waals surface area contributed by atoms with Crippen LogP contribution < -0.4 is 10.1 Å². The highest BCUT2D eigenvalue weighted by Gasteiger charge is 2.05. The number of amides is 1. The first-order chi connectivity index (χ1) is 10.2. The molecule has 0 unspecified atom stereocenters. The minimum absolute atomic E-state index is 0.0319. The van der Waals surface area contributed by atoms with E-state index >= 15 is 0 Å². The van der Waals surface area contributed by atoms with Crippen molar-refractivity contribution in [3.63, 3.8) is 0 Å². The van der Waals surface area contributed by atoms with Crippen LogP contribution in [0.2, 0.25) is 0 Å². The minimum Gasteiger partial charge on any atom is -0.508 e. The molecule has 110 valence electrons. The maximum Gasteiger partial charge on any atom is 0.224 e. The normalized spacial score (nSPS) is 10.1. The Kier molecular flexibility index (Phi) is 5.21. The van der Waals surface area contributed by atoms with Gasteiger partial charge in [0.15, 0.2) is 0 Å². The Morgan fingerprint density at radius 2 is 1.86 bits per heavy atom. The smallest absolute Gasteiger partial charge is 0.224 e. The predicted molar refractivity (Wildman–Crippen MR) is 81.5 cm³/mol. The fourth-order valence-corrected chi connectivity index (χ4v) is 2.11. The Bertz CT molecular complexity index is 593. The number of benzene rings is 2. The number of carbonyl (C=O) groups excluding carboxylic acids is 1. The summed E-state index contributed by atoms with van der Waals surface area (Å²) in [5.74, 6) is 1.01. The molecule has 2 rings (SSSR count). The third-order valence-electron chi connectivity index (χ3n) is 3.21. The number of carbonyl (C=O) groups is 1. The monoisotopic (exact) mass is 285 g/mol. The summed E-state index contributed by atoms with van der Waals surface area (Å²) in [5, 5.41) is 12.1. The Morgan fingerprint density at radius 3 is 2.57 bits per heavy atom. The molecular weight excluding hydrogens is 266 g/mol. The van der Waals surface area contributed by atoms with Gasteiger partial charge in [-0.15, -0.1) is 0 Å². The van der Waals surface area contributed by atoms with Crippen molar-refractivity contribution in [2.75, 3.05) is 13.7 Å². The van der Waals surface area contributed by atoms with Crippen molar-refractivity contribution in [3.05, 3.63) is 59.7 Å². The summed E-state index contributed by atoms with van der Waals surface area (Å²) in [4.78, 5) is 11.8. The zero-order valence-electron chi connectivity index (χ0n) is 12.0. The van der Waals surface area contributed by atoms with Crippen LogP contribution in [0.25, 0.3) is 0 Å². The standard InChI is InChI=1S/C17H19NO3/c1-21-16-5-3-2-4-14(16)10-11-18-17(20)12-13-6-8-15(19)9-7-13/h2-9,19H,10-12H2,1H3,(H,18,20). The molecule has 0 saturated heterocycles. The van der Waals surface area contributed by atoms with Crippen LogP contribution in [0.3, 0.4) is 0 Å². The third kappa shape index (κ3) is 4.53. The molecule has 2 N–H and O–H groups in total. The van der Waals surface area contributed by atoms with E-state index in [1.165, 1.54) is 0 Å². The first kappa shape index (κ1) is 14.9. The second-order valence-corrected chi connectivity index (χ2v) is 4.76. The number of methoxy groups -OCH3 is 1. The number of ether oxygens (including phenoxy) is 1. The fourth-order valence-electron chi connectivity index (χ4n) is 2.11. The van der Waals surface area contributed by atoms with Gasteiger partial charge < -0.3 is 15.2 Å². The van der Waals surface area contributed by atoms with Crippen LogP contribution in [0, 0.1) is 0 Å². The average Bonchev–Trinajstić information content (AvgIpc) is 2.50. The molecule has 0 atom stereocenters. The van der Waals surface area contributed by atoms with Crippen molar-refractivity contribution in [2.24, 2.45) is 0 Å². The van der Waals surface area contributed by atoms with Gasteiger partial charge in [-0.1, -0.05) is 30.3 Å². The molecule has 0 aromatic heterocycles. The zero-order chi connectivity index (χ0) is 15.1. The van der Waals surface area contributed by atoms with E-state index in [-0.39, 0.29) is 11.7 Å². The maximum absolute atomic E-state index is 11.8. The predicted octanol–water partition coefficient (Wildman–Crippen LogP) is 2.30. The molecule has 4 heteroatoms. The number of phenols is 1. The summed E-state index contributed by atoms with van der Waals surface area (Å²) < 4.78 is 5.27. The van der Waals surface area contributed by atoms with Gasteiger partial charge in [0.25, 0.3) is 0 Å². The molecule has 1 amide bonds. The largest absolute Gasteiger partial charge is 0.508 e. The minimum atomic E-state index is -0.0319. The van der Waals surface area contributed by atoms with Gasteiger partial charge in [-0.3, -0.25) is 4.79 Å². The molecule has 0 heterocycles. The number of nitrogens with one attached hydrogen (secondary N) is 1. The SMILES string of the molecule is COc1ccccc1CCNC(=O)Cc1ccc(O)cc1. The Balaban J connectivity index is 1.80. The average molecular weight is 285 g/mol. The lowest BCUT2D eigenvalue weighted by molar-refractivity contribution is -0.120. The van der Waals surface area contributed by atoms with E-state index in [4.69, 9.17) is 4.74 Å². The van der Waals surface area contributed by atoms with E-state index in [0.29, 0.717) is 13.0 Å². The number of rotatable bonds is 6. The van der Waals surface area contributed by atoms with Crippen LogP contribution in [0.15, 0.2) is 48.5 Å². The van der Waals surface area contributed by atoms with E-state index in [2.05, 4.69) is 5.32 Å². The highest BCUT2D eigenvalue weighted by Crippen LogP contribution is 2.17. The van der Waals surface area contributed by atoms with E-state index in [9.17, 15) is 9.90 Å². The van der Waals surface area contributed by atoms with Gasteiger partial charge in [0, 0.05) is 6.54 Å². The zero-order valence-corrected chi connectivity index (χ0v) is 12.0. The first-order valence-corrected chi connectivity index (χ1v) is 6.85. The van der Waals surface area contributed by atoms with Gasteiger partial charge in [0.05, 0.1) is 13.5 Å². The topological polar surface area (TPSA) is 58.6 Å². The van der Waals surface area contributed by atoms with Crippen molar-refractivity contribution in [1.29, 1.82) is 0 Å². The van der Waals surface area contributed by atoms with Crippen LogP contribution in [-0.2, 0) is 17.6 Å². The summed E-state index contributed by atoms with van der Waals surface area (Å²) in [6, 6.07) is 14.4. The highest BCUT2D eigenvalue weighted by atomic mass is 16.5. The van der Waals surface area contributed by atoms with Gasteiger partial charge in [0.2, 0.25) is 5.91 Å². The van der Waals surface area contributed by atoms with Crippen LogP contribution in [0.5, 0.6) is 11.5 Å². The molecule has 2 aromatic carbocycles. The molecular formula is C17H19NO3. The molecule has 4 nitrogen and oxygen atoms in total. The van der Waals surface area contributed by atoms with E-state index < -0.39 is 0 Å². The summed E-state index contributed by atoms with van der Waals surface area (Å²) in [5.41, 5.74) is 1.95. The fraction of sp³-hybridized carbons (Fsp3) is 0.235. The molecule has 0 aliphatic heterocycles. The summed E-state index contributed by atoms with van der Waals surface area (Å²) in [6.07, 6.45) is 1.04. The molecule has 2 aromatic rings. The quantitative estimate of drug-likeness (QED) is 0.856. The van der Waals surface area contributed by atoms with E-state index in [1.54, 1.807) is 31.4 Å². The van der Waals surface area contributed by atoms with Crippen molar-refractivity contribution in [2.45, 2.75) is 12.8 Å². The molecule has 0 saturated carbocycles. The Hall–Kier alpha value is -2.49. The van der Waals surface area contributed by atoms with Crippen LogP contribution in [-0.4, -0.2) is 24.7 Å². The van der Waals surface area contributed by atoms with Gasteiger partial charge in [-0.25, -0.2) is 0 Å². The van der Waals surface area contributed by atoms with Gasteiger partial charge >= 0.3 is 0 Å². The van der Waals surface area contributed by atoms with Crippen molar-refractivity contribution >= 4 is 5.91 Å². The van der Waals surface area contributed by atoms with Gasteiger partial charge in [-0.05, 0) is 35.7 Å². The van der Waals surface area contributed by atoms with Gasteiger partial charge in [0.1, 0.15) is 11.5 Å². The lowest BCUT2D eigenvalue weighted by Gasteiger charge is -2.09. The number of phenolic OH excluding ortho intramolecular Hbond substituents is 1. The molecule has 0 aliphatic carbocycles. The van der Waals surface area contributed by atoms with Gasteiger partial charge in [-0.2, -0.15) is 0 Å². The van der Waals surface area contributed by atoms with Crippen LogP contribution in [0.1, 0.15) is 11.1 Å². The molecule has 0 fully saturated rings. The Labute approximate surface area is 124 Å². The van der Waals surface area contributed by atoms with E-state index in [1.807, 2.05) is 24.3 Å². The molecule has 0 radical (unpaired) electrons. The van der Waals surface area contributed by atoms with Crippen molar-refractivity contribution < 1.29 is 14.6 Å². The van der Waals surface area contributed by atoms with Crippen molar-refractivity contribution in [3.8, 4) is 11.5 Å². The molecule has 0 bridgehead atoms. The first-order valence-electron chi connectivity index (χ1n) is 6.85. The third-order valence-corrected chi connectivity index (χ3v) is 3.21. The number of hydrogen-bond donors (Lipinski definition) is 2.